The molecule has 0 spiro atoms. The summed E-state index contributed by atoms with van der Waals surface area (Å²) in [5, 5.41) is 0.718. The first-order chi connectivity index (χ1) is 8.10. The molecule has 0 bridgehead atoms. The van der Waals surface area contributed by atoms with Crippen molar-refractivity contribution in [1.29, 1.82) is 0 Å². The summed E-state index contributed by atoms with van der Waals surface area (Å²) >= 11 is 9.46. The standard InChI is InChI=1S/C12H18BrClN2O/c1-16(5-6-17-2)12(8-15)10-4-3-9(14)7-11(10)13/h3-4,7,12H,5-6,8,15H2,1-2H3. The van der Waals surface area contributed by atoms with E-state index in [0.717, 1.165) is 21.6 Å². The van der Waals surface area contributed by atoms with Crippen molar-refractivity contribution < 1.29 is 4.74 Å². The predicted octanol–water partition coefficient (Wildman–Crippen LogP) is 2.68. The summed E-state index contributed by atoms with van der Waals surface area (Å²) in [6.07, 6.45) is 0. The Kier molecular flexibility index (Phi) is 6.44. The van der Waals surface area contributed by atoms with Crippen molar-refractivity contribution in [3.63, 3.8) is 0 Å². The van der Waals surface area contributed by atoms with E-state index in [-0.39, 0.29) is 6.04 Å². The molecule has 0 aromatic heterocycles. The van der Waals surface area contributed by atoms with Gasteiger partial charge in [-0.25, -0.2) is 0 Å². The molecule has 1 atom stereocenters. The smallest absolute Gasteiger partial charge is 0.0589 e. The lowest BCUT2D eigenvalue weighted by Gasteiger charge is -2.28. The number of ether oxygens (including phenoxy) is 1. The third kappa shape index (κ3) is 4.23. The third-order valence-electron chi connectivity index (χ3n) is 2.72. The van der Waals surface area contributed by atoms with E-state index in [1.165, 1.54) is 0 Å². The third-order valence-corrected chi connectivity index (χ3v) is 3.65. The van der Waals surface area contributed by atoms with E-state index >= 15 is 0 Å². The summed E-state index contributed by atoms with van der Waals surface area (Å²) in [7, 11) is 3.74. The average molecular weight is 322 g/mol. The van der Waals surface area contributed by atoms with Crippen molar-refractivity contribution in [2.24, 2.45) is 5.73 Å². The molecule has 0 amide bonds. The fraction of sp³-hybridized carbons (Fsp3) is 0.500. The van der Waals surface area contributed by atoms with E-state index in [1.807, 2.05) is 25.2 Å². The summed E-state index contributed by atoms with van der Waals surface area (Å²) in [6, 6.07) is 5.95. The topological polar surface area (TPSA) is 38.5 Å². The van der Waals surface area contributed by atoms with Crippen LogP contribution in [0.2, 0.25) is 5.02 Å². The molecule has 96 valence electrons. The lowest BCUT2D eigenvalue weighted by Crippen LogP contribution is -2.33. The van der Waals surface area contributed by atoms with Crippen LogP contribution >= 0.6 is 27.5 Å². The van der Waals surface area contributed by atoms with Gasteiger partial charge in [0.25, 0.3) is 0 Å². The van der Waals surface area contributed by atoms with Gasteiger partial charge in [0.15, 0.2) is 0 Å². The molecule has 0 saturated heterocycles. The van der Waals surface area contributed by atoms with Gasteiger partial charge in [-0.05, 0) is 24.7 Å². The molecule has 1 unspecified atom stereocenters. The zero-order valence-electron chi connectivity index (χ0n) is 10.1. The Morgan fingerprint density at radius 2 is 2.24 bits per heavy atom. The van der Waals surface area contributed by atoms with Crippen molar-refractivity contribution in [1.82, 2.24) is 4.90 Å². The molecule has 0 fully saturated rings. The molecule has 1 aromatic carbocycles. The second-order valence-electron chi connectivity index (χ2n) is 3.89. The Labute approximate surface area is 116 Å². The van der Waals surface area contributed by atoms with Gasteiger partial charge in [-0.3, -0.25) is 4.90 Å². The molecule has 5 heteroatoms. The molecule has 3 nitrogen and oxygen atoms in total. The fourth-order valence-electron chi connectivity index (χ4n) is 1.71. The zero-order valence-corrected chi connectivity index (χ0v) is 12.5. The van der Waals surface area contributed by atoms with Gasteiger partial charge in [0.05, 0.1) is 6.61 Å². The number of nitrogens with zero attached hydrogens (tertiary/aromatic N) is 1. The van der Waals surface area contributed by atoms with Gasteiger partial charge in [0.2, 0.25) is 0 Å². The molecule has 0 aliphatic heterocycles. The van der Waals surface area contributed by atoms with Crippen LogP contribution < -0.4 is 5.73 Å². The Hall–Kier alpha value is -0.130. The van der Waals surface area contributed by atoms with E-state index < -0.39 is 0 Å². The quantitative estimate of drug-likeness (QED) is 0.875. The van der Waals surface area contributed by atoms with E-state index in [1.54, 1.807) is 7.11 Å². The Morgan fingerprint density at radius 3 is 2.76 bits per heavy atom. The summed E-state index contributed by atoms with van der Waals surface area (Å²) < 4.78 is 6.07. The van der Waals surface area contributed by atoms with Crippen molar-refractivity contribution in [3.8, 4) is 0 Å². The van der Waals surface area contributed by atoms with Crippen LogP contribution in [0.25, 0.3) is 0 Å². The van der Waals surface area contributed by atoms with E-state index in [2.05, 4.69) is 20.8 Å². The number of likely N-dealkylation sites (N-methyl/N-ethyl adjacent to an activating group) is 1. The second-order valence-corrected chi connectivity index (χ2v) is 5.18. The van der Waals surface area contributed by atoms with Crippen LogP contribution in [0.1, 0.15) is 11.6 Å². The number of benzene rings is 1. The summed E-state index contributed by atoms with van der Waals surface area (Å²) in [5.74, 6) is 0. The van der Waals surface area contributed by atoms with Crippen LogP contribution in [0.3, 0.4) is 0 Å². The monoisotopic (exact) mass is 320 g/mol. The first-order valence-electron chi connectivity index (χ1n) is 5.44. The molecule has 1 rings (SSSR count). The molecule has 0 radical (unpaired) electrons. The van der Waals surface area contributed by atoms with Crippen molar-refractivity contribution in [3.05, 3.63) is 33.3 Å². The SMILES string of the molecule is COCCN(C)C(CN)c1ccc(Cl)cc1Br. The number of hydrogen-bond donors (Lipinski definition) is 1. The maximum absolute atomic E-state index is 5.93. The van der Waals surface area contributed by atoms with Crippen LogP contribution in [-0.2, 0) is 4.74 Å². The van der Waals surface area contributed by atoms with Gasteiger partial charge in [-0.15, -0.1) is 0 Å². The number of halogens is 2. The minimum atomic E-state index is 0.164. The Morgan fingerprint density at radius 1 is 1.53 bits per heavy atom. The molecule has 0 heterocycles. The maximum Gasteiger partial charge on any atom is 0.0589 e. The van der Waals surface area contributed by atoms with Gasteiger partial charge >= 0.3 is 0 Å². The molecular formula is C12H18BrClN2O. The van der Waals surface area contributed by atoms with Crippen LogP contribution in [-0.4, -0.2) is 38.8 Å². The van der Waals surface area contributed by atoms with Crippen LogP contribution in [0.5, 0.6) is 0 Å². The fourth-order valence-corrected chi connectivity index (χ4v) is 2.65. The second kappa shape index (κ2) is 7.34. The minimum absolute atomic E-state index is 0.164. The highest BCUT2D eigenvalue weighted by atomic mass is 79.9. The molecule has 0 saturated carbocycles. The predicted molar refractivity (Wildman–Crippen MR) is 75.5 cm³/mol. The summed E-state index contributed by atoms with van der Waals surface area (Å²) in [5.41, 5.74) is 7.00. The molecule has 0 aliphatic rings. The summed E-state index contributed by atoms with van der Waals surface area (Å²) in [4.78, 5) is 2.18. The van der Waals surface area contributed by atoms with Crippen LogP contribution in [0, 0.1) is 0 Å². The largest absolute Gasteiger partial charge is 0.383 e. The van der Waals surface area contributed by atoms with Gasteiger partial charge in [0.1, 0.15) is 0 Å². The van der Waals surface area contributed by atoms with E-state index in [0.29, 0.717) is 13.2 Å². The van der Waals surface area contributed by atoms with E-state index in [4.69, 9.17) is 22.1 Å². The zero-order chi connectivity index (χ0) is 12.8. The highest BCUT2D eigenvalue weighted by Gasteiger charge is 2.17. The van der Waals surface area contributed by atoms with Crippen molar-refractivity contribution in [2.75, 3.05) is 33.9 Å². The van der Waals surface area contributed by atoms with Gasteiger partial charge in [0, 0.05) is 35.7 Å². The maximum atomic E-state index is 5.93. The van der Waals surface area contributed by atoms with Crippen molar-refractivity contribution >= 4 is 27.5 Å². The molecule has 2 N–H and O–H groups in total. The molecular weight excluding hydrogens is 304 g/mol. The first kappa shape index (κ1) is 14.9. The van der Waals surface area contributed by atoms with E-state index in [9.17, 15) is 0 Å². The lowest BCUT2D eigenvalue weighted by molar-refractivity contribution is 0.140. The Balaban J connectivity index is 2.85. The molecule has 0 aliphatic carbocycles. The first-order valence-corrected chi connectivity index (χ1v) is 6.61. The van der Waals surface area contributed by atoms with Gasteiger partial charge < -0.3 is 10.5 Å². The minimum Gasteiger partial charge on any atom is -0.383 e. The Bertz CT molecular complexity index is 362. The normalized spacial score (nSPS) is 13.1. The number of nitrogens with two attached hydrogens (primary N) is 1. The van der Waals surface area contributed by atoms with Crippen LogP contribution in [0.4, 0.5) is 0 Å². The molecule has 17 heavy (non-hydrogen) atoms. The highest BCUT2D eigenvalue weighted by molar-refractivity contribution is 9.10. The highest BCUT2D eigenvalue weighted by Crippen LogP contribution is 2.28. The number of rotatable bonds is 6. The lowest BCUT2D eigenvalue weighted by atomic mass is 10.1. The summed E-state index contributed by atoms with van der Waals surface area (Å²) in [6.45, 7) is 2.09. The average Bonchev–Trinajstić information content (AvgIpc) is 2.30. The number of methoxy groups -OCH3 is 1. The van der Waals surface area contributed by atoms with Gasteiger partial charge in [-0.1, -0.05) is 33.6 Å². The number of hydrogen-bond acceptors (Lipinski definition) is 3. The van der Waals surface area contributed by atoms with Crippen molar-refractivity contribution in [2.45, 2.75) is 6.04 Å². The molecule has 1 aromatic rings. The van der Waals surface area contributed by atoms with Crippen LogP contribution in [0.15, 0.2) is 22.7 Å². The van der Waals surface area contributed by atoms with Gasteiger partial charge in [-0.2, -0.15) is 0 Å².